The van der Waals surface area contributed by atoms with Crippen molar-refractivity contribution in [3.63, 3.8) is 0 Å². The van der Waals surface area contributed by atoms with Crippen LogP contribution in [-0.4, -0.2) is 34.1 Å². The van der Waals surface area contributed by atoms with Crippen LogP contribution in [0, 0.1) is 15.9 Å². The minimum Gasteiger partial charge on any atom is -0.324 e. The maximum absolute atomic E-state index is 13.3. The maximum atomic E-state index is 13.3. The highest BCUT2D eigenvalue weighted by Gasteiger charge is 2.36. The number of benzene rings is 2. The van der Waals surface area contributed by atoms with Gasteiger partial charge in [-0.15, -0.1) is 0 Å². The van der Waals surface area contributed by atoms with Crippen LogP contribution in [0.25, 0.3) is 0 Å². The third kappa shape index (κ3) is 2.94. The van der Waals surface area contributed by atoms with Gasteiger partial charge < -0.3 is 5.32 Å². The summed E-state index contributed by atoms with van der Waals surface area (Å²) < 4.78 is 13.3. The van der Waals surface area contributed by atoms with E-state index in [2.05, 4.69) is 5.32 Å². The number of nitrogens with one attached hydrogen (secondary N) is 1. The molecule has 0 aliphatic carbocycles. The van der Waals surface area contributed by atoms with Gasteiger partial charge in [-0.2, -0.15) is 4.39 Å². The zero-order valence-electron chi connectivity index (χ0n) is 12.6. The fraction of sp³-hybridized carbons (Fsp3) is 0.0625. The predicted octanol–water partition coefficient (Wildman–Crippen LogP) is 1.97. The Balaban J connectivity index is 1.74. The van der Waals surface area contributed by atoms with Crippen LogP contribution in [0.15, 0.2) is 42.5 Å². The molecule has 0 bridgehead atoms. The molecule has 9 heteroatoms. The van der Waals surface area contributed by atoms with Crippen LogP contribution in [0.3, 0.4) is 0 Å². The Hall–Kier alpha value is -3.62. The van der Waals surface area contributed by atoms with Gasteiger partial charge in [0.15, 0.2) is 0 Å². The standard InChI is InChI=1S/C16H10FN3O5/c17-12-6-5-9(7-13(12)20(24)25)18-14(21)8-19-15(22)10-3-1-2-4-11(10)16(19)23/h1-7H,8H2,(H,18,21). The van der Waals surface area contributed by atoms with Crippen LogP contribution in [0.1, 0.15) is 20.7 Å². The number of amides is 3. The molecule has 1 aliphatic rings. The number of halogens is 1. The molecule has 0 fully saturated rings. The average molecular weight is 343 g/mol. The van der Waals surface area contributed by atoms with E-state index < -0.39 is 40.7 Å². The summed E-state index contributed by atoms with van der Waals surface area (Å²) in [6.07, 6.45) is 0. The molecule has 1 N–H and O–H groups in total. The molecule has 2 aromatic rings. The number of imide groups is 1. The lowest BCUT2D eigenvalue weighted by Gasteiger charge is -2.13. The number of hydrogen-bond donors (Lipinski definition) is 1. The summed E-state index contributed by atoms with van der Waals surface area (Å²) in [5.41, 5.74) is -0.399. The number of nitro groups is 1. The lowest BCUT2D eigenvalue weighted by molar-refractivity contribution is -0.387. The van der Waals surface area contributed by atoms with E-state index in [1.807, 2.05) is 0 Å². The van der Waals surface area contributed by atoms with Gasteiger partial charge >= 0.3 is 5.69 Å². The van der Waals surface area contributed by atoms with Crippen LogP contribution < -0.4 is 5.32 Å². The Labute approximate surface area is 140 Å². The SMILES string of the molecule is O=C(CN1C(=O)c2ccccc2C1=O)Nc1ccc(F)c([N+](=O)[O-])c1. The number of anilines is 1. The van der Waals surface area contributed by atoms with Gasteiger partial charge in [-0.3, -0.25) is 29.4 Å². The molecule has 0 aromatic heterocycles. The molecule has 25 heavy (non-hydrogen) atoms. The highest BCUT2D eigenvalue weighted by molar-refractivity contribution is 6.22. The van der Waals surface area contributed by atoms with Crippen LogP contribution in [0.5, 0.6) is 0 Å². The average Bonchev–Trinajstić information content (AvgIpc) is 2.82. The minimum atomic E-state index is -1.04. The van der Waals surface area contributed by atoms with Crippen LogP contribution in [0.2, 0.25) is 0 Å². The van der Waals surface area contributed by atoms with Gasteiger partial charge in [-0.05, 0) is 24.3 Å². The zero-order valence-corrected chi connectivity index (χ0v) is 12.6. The van der Waals surface area contributed by atoms with Crippen molar-refractivity contribution in [3.8, 4) is 0 Å². The van der Waals surface area contributed by atoms with Gasteiger partial charge in [0, 0.05) is 11.8 Å². The Kier molecular flexibility index (Phi) is 3.97. The molecule has 0 atom stereocenters. The van der Waals surface area contributed by atoms with Gasteiger partial charge in [0.25, 0.3) is 11.8 Å². The second-order valence-electron chi connectivity index (χ2n) is 5.21. The first kappa shape index (κ1) is 16.2. The molecule has 0 spiro atoms. The van der Waals surface area contributed by atoms with E-state index in [9.17, 15) is 28.9 Å². The summed E-state index contributed by atoms with van der Waals surface area (Å²) in [6.45, 7) is -0.558. The number of carbonyl (C=O) groups excluding carboxylic acids is 3. The van der Waals surface area contributed by atoms with Gasteiger partial charge in [0.2, 0.25) is 11.7 Å². The Morgan fingerprint density at radius 3 is 2.28 bits per heavy atom. The molecule has 0 saturated carbocycles. The van der Waals surface area contributed by atoms with Gasteiger partial charge in [0.05, 0.1) is 16.1 Å². The Bertz CT molecular complexity index is 893. The summed E-state index contributed by atoms with van der Waals surface area (Å²) in [6, 6.07) is 9.01. The van der Waals surface area contributed by atoms with E-state index in [0.717, 1.165) is 23.1 Å². The fourth-order valence-electron chi connectivity index (χ4n) is 2.46. The van der Waals surface area contributed by atoms with Crippen molar-refractivity contribution in [1.29, 1.82) is 0 Å². The Morgan fingerprint density at radius 1 is 1.12 bits per heavy atom. The highest BCUT2D eigenvalue weighted by atomic mass is 19.1. The fourth-order valence-corrected chi connectivity index (χ4v) is 2.46. The third-order valence-electron chi connectivity index (χ3n) is 3.61. The molecule has 126 valence electrons. The highest BCUT2D eigenvalue weighted by Crippen LogP contribution is 2.23. The first-order valence-electron chi connectivity index (χ1n) is 7.07. The normalized spacial score (nSPS) is 12.9. The largest absolute Gasteiger partial charge is 0.324 e. The first-order valence-corrected chi connectivity index (χ1v) is 7.07. The van der Waals surface area contributed by atoms with Crippen LogP contribution >= 0.6 is 0 Å². The van der Waals surface area contributed by atoms with Crippen molar-refractivity contribution in [3.05, 3.63) is 69.5 Å². The molecule has 3 rings (SSSR count). The number of nitrogens with zero attached hydrogens (tertiary/aromatic N) is 2. The number of carbonyl (C=O) groups is 3. The quantitative estimate of drug-likeness (QED) is 0.518. The smallest absolute Gasteiger partial charge is 0.306 e. The first-order chi connectivity index (χ1) is 11.9. The summed E-state index contributed by atoms with van der Waals surface area (Å²) in [5, 5.41) is 13.0. The second kappa shape index (κ2) is 6.11. The minimum absolute atomic E-state index is 0.0188. The van der Waals surface area contributed by atoms with E-state index in [1.54, 1.807) is 12.1 Å². The van der Waals surface area contributed by atoms with E-state index >= 15 is 0 Å². The molecule has 0 unspecified atom stereocenters. The summed E-state index contributed by atoms with van der Waals surface area (Å²) in [4.78, 5) is 47.0. The maximum Gasteiger partial charge on any atom is 0.306 e. The number of rotatable bonds is 4. The van der Waals surface area contributed by atoms with Gasteiger partial charge in [0.1, 0.15) is 6.54 Å². The van der Waals surface area contributed by atoms with Crippen molar-refractivity contribution in [2.24, 2.45) is 0 Å². The number of hydrogen-bond acceptors (Lipinski definition) is 5. The van der Waals surface area contributed by atoms with Crippen LogP contribution in [0.4, 0.5) is 15.8 Å². The molecular formula is C16H10FN3O5. The number of fused-ring (bicyclic) bond motifs is 1. The summed E-state index contributed by atoms with van der Waals surface area (Å²) >= 11 is 0. The second-order valence-corrected chi connectivity index (χ2v) is 5.21. The van der Waals surface area contributed by atoms with Crippen molar-refractivity contribution in [1.82, 2.24) is 4.90 Å². The topological polar surface area (TPSA) is 110 Å². The van der Waals surface area contributed by atoms with E-state index in [1.165, 1.54) is 12.1 Å². The third-order valence-corrected chi connectivity index (χ3v) is 3.61. The molecule has 8 nitrogen and oxygen atoms in total. The van der Waals surface area contributed by atoms with Gasteiger partial charge in [-0.1, -0.05) is 12.1 Å². The van der Waals surface area contributed by atoms with Crippen molar-refractivity contribution in [2.45, 2.75) is 0 Å². The molecule has 2 aromatic carbocycles. The summed E-state index contributed by atoms with van der Waals surface area (Å²) in [7, 11) is 0. The Morgan fingerprint density at radius 2 is 1.72 bits per heavy atom. The summed E-state index contributed by atoms with van der Waals surface area (Å²) in [5.74, 6) is -2.97. The molecule has 0 saturated heterocycles. The lowest BCUT2D eigenvalue weighted by Crippen LogP contribution is -2.37. The van der Waals surface area contributed by atoms with E-state index in [0.29, 0.717) is 0 Å². The molecular weight excluding hydrogens is 333 g/mol. The molecule has 1 heterocycles. The van der Waals surface area contributed by atoms with E-state index in [4.69, 9.17) is 0 Å². The number of nitro benzene ring substituents is 1. The predicted molar refractivity (Wildman–Crippen MR) is 83.5 cm³/mol. The zero-order chi connectivity index (χ0) is 18.1. The van der Waals surface area contributed by atoms with Crippen LogP contribution in [-0.2, 0) is 4.79 Å². The van der Waals surface area contributed by atoms with E-state index in [-0.39, 0.29) is 16.8 Å². The van der Waals surface area contributed by atoms with Crippen molar-refractivity contribution in [2.75, 3.05) is 11.9 Å². The van der Waals surface area contributed by atoms with Crippen molar-refractivity contribution >= 4 is 29.1 Å². The lowest BCUT2D eigenvalue weighted by atomic mass is 10.1. The van der Waals surface area contributed by atoms with Crippen molar-refractivity contribution < 1.29 is 23.7 Å². The van der Waals surface area contributed by atoms with Gasteiger partial charge in [-0.25, -0.2) is 0 Å². The molecule has 1 aliphatic heterocycles. The monoisotopic (exact) mass is 343 g/mol. The molecule has 0 radical (unpaired) electrons. The molecule has 3 amide bonds.